The minimum atomic E-state index is 0. The molecular weight excluding hydrogens is 447 g/mol. The Morgan fingerprint density at radius 3 is 2.60 bits per heavy atom. The lowest BCUT2D eigenvalue weighted by atomic mass is 9.91. The number of aryl methyl sites for hydroxylation is 2. The lowest BCUT2D eigenvalue weighted by molar-refractivity contribution is 0.380. The minimum absolute atomic E-state index is 0. The maximum absolute atomic E-state index is 5.42. The van der Waals surface area contributed by atoms with E-state index in [0.717, 1.165) is 42.4 Å². The molecule has 7 heteroatoms. The summed E-state index contributed by atoms with van der Waals surface area (Å²) in [5, 5.41) is 13.1. The molecule has 0 atom stereocenters. The first kappa shape index (κ1) is 22.0. The zero-order valence-electron chi connectivity index (χ0n) is 15.7. The Balaban J connectivity index is 0.00000312. The van der Waals surface area contributed by atoms with Gasteiger partial charge in [-0.05, 0) is 17.9 Å². The van der Waals surface area contributed by atoms with E-state index in [2.05, 4.69) is 66.0 Å². The molecule has 2 rings (SSSR count). The quantitative estimate of drug-likeness (QED) is 0.359. The van der Waals surface area contributed by atoms with E-state index in [4.69, 9.17) is 4.52 Å². The second-order valence-corrected chi connectivity index (χ2v) is 7.33. The lowest BCUT2D eigenvalue weighted by Gasteiger charge is -2.25. The standard InChI is InChI=1S/C18H28N4OS.HI/c1-6-14-13(15(7-2)23-22-14)11-20-17(19-5)21-12-18(3,4)16-9-8-10-24-16;/h8-10H,6-7,11-12H2,1-5H3,(H2,19,20,21);1H. The van der Waals surface area contributed by atoms with Crippen molar-refractivity contribution >= 4 is 41.3 Å². The fourth-order valence-electron chi connectivity index (χ4n) is 2.59. The molecular formula is C18H29IN4OS. The fraction of sp³-hybridized carbons (Fsp3) is 0.556. The molecule has 2 aromatic heterocycles. The average molecular weight is 476 g/mol. The van der Waals surface area contributed by atoms with Gasteiger partial charge < -0.3 is 15.2 Å². The van der Waals surface area contributed by atoms with Crippen LogP contribution in [0.2, 0.25) is 0 Å². The van der Waals surface area contributed by atoms with Crippen molar-refractivity contribution in [2.45, 2.75) is 52.5 Å². The molecule has 2 aromatic rings. The Hall–Kier alpha value is -1.09. The second kappa shape index (κ2) is 10.2. The molecule has 0 saturated heterocycles. The Kier molecular flexibility index (Phi) is 8.92. The topological polar surface area (TPSA) is 62.5 Å². The van der Waals surface area contributed by atoms with Crippen LogP contribution in [0.1, 0.15) is 49.6 Å². The highest BCUT2D eigenvalue weighted by Crippen LogP contribution is 2.26. The van der Waals surface area contributed by atoms with Crippen molar-refractivity contribution in [3.8, 4) is 0 Å². The van der Waals surface area contributed by atoms with Crippen LogP contribution < -0.4 is 10.6 Å². The maximum atomic E-state index is 5.42. The molecule has 0 fully saturated rings. The van der Waals surface area contributed by atoms with E-state index in [0.29, 0.717) is 6.54 Å². The summed E-state index contributed by atoms with van der Waals surface area (Å²) in [7, 11) is 1.79. The van der Waals surface area contributed by atoms with Gasteiger partial charge in [-0.2, -0.15) is 0 Å². The SMILES string of the molecule is CCc1noc(CC)c1CNC(=NC)NCC(C)(C)c1cccs1.I. The lowest BCUT2D eigenvalue weighted by Crippen LogP contribution is -2.43. The Morgan fingerprint density at radius 2 is 2.04 bits per heavy atom. The molecule has 0 spiro atoms. The average Bonchev–Trinajstić information content (AvgIpc) is 3.24. The molecule has 2 heterocycles. The molecule has 0 bridgehead atoms. The number of aliphatic imine (C=N–C) groups is 1. The number of hydrogen-bond donors (Lipinski definition) is 2. The molecule has 0 aliphatic carbocycles. The summed E-state index contributed by atoms with van der Waals surface area (Å²) in [4.78, 5) is 5.70. The summed E-state index contributed by atoms with van der Waals surface area (Å²) >= 11 is 1.79. The fourth-order valence-corrected chi connectivity index (χ4v) is 3.44. The molecule has 0 saturated carbocycles. The molecule has 0 radical (unpaired) electrons. The van der Waals surface area contributed by atoms with Gasteiger partial charge in [0.1, 0.15) is 5.76 Å². The van der Waals surface area contributed by atoms with E-state index < -0.39 is 0 Å². The summed E-state index contributed by atoms with van der Waals surface area (Å²) in [5.41, 5.74) is 2.24. The van der Waals surface area contributed by atoms with Crippen molar-refractivity contribution in [3.63, 3.8) is 0 Å². The third kappa shape index (κ3) is 5.70. The number of thiophene rings is 1. The highest BCUT2D eigenvalue weighted by molar-refractivity contribution is 14.0. The largest absolute Gasteiger partial charge is 0.361 e. The summed E-state index contributed by atoms with van der Waals surface area (Å²) in [6, 6.07) is 4.28. The molecule has 0 amide bonds. The molecule has 2 N–H and O–H groups in total. The van der Waals surface area contributed by atoms with Gasteiger partial charge in [-0.15, -0.1) is 35.3 Å². The predicted octanol–water partition coefficient (Wildman–Crippen LogP) is 4.12. The van der Waals surface area contributed by atoms with Crippen LogP contribution in [-0.4, -0.2) is 24.7 Å². The normalized spacial score (nSPS) is 12.0. The molecule has 25 heavy (non-hydrogen) atoms. The molecule has 0 aliphatic rings. The van der Waals surface area contributed by atoms with Gasteiger partial charge in [-0.25, -0.2) is 0 Å². The smallest absolute Gasteiger partial charge is 0.191 e. The zero-order valence-corrected chi connectivity index (χ0v) is 18.8. The third-order valence-electron chi connectivity index (χ3n) is 4.15. The van der Waals surface area contributed by atoms with Gasteiger partial charge in [0, 0.05) is 42.4 Å². The van der Waals surface area contributed by atoms with E-state index in [1.54, 1.807) is 18.4 Å². The van der Waals surface area contributed by atoms with Gasteiger partial charge in [0.15, 0.2) is 5.96 Å². The Labute approximate surface area is 171 Å². The van der Waals surface area contributed by atoms with Gasteiger partial charge >= 0.3 is 0 Å². The monoisotopic (exact) mass is 476 g/mol. The number of rotatable bonds is 7. The number of guanidine groups is 1. The number of nitrogens with zero attached hydrogens (tertiary/aromatic N) is 2. The zero-order chi connectivity index (χ0) is 17.6. The first-order valence-electron chi connectivity index (χ1n) is 8.46. The summed E-state index contributed by atoms with van der Waals surface area (Å²) in [5.74, 6) is 1.75. The van der Waals surface area contributed by atoms with Crippen LogP contribution in [0.15, 0.2) is 27.0 Å². The van der Waals surface area contributed by atoms with Gasteiger partial charge in [-0.1, -0.05) is 38.9 Å². The van der Waals surface area contributed by atoms with Gasteiger partial charge in [0.2, 0.25) is 0 Å². The van der Waals surface area contributed by atoms with Crippen molar-refractivity contribution in [2.24, 2.45) is 4.99 Å². The molecule has 5 nitrogen and oxygen atoms in total. The van der Waals surface area contributed by atoms with Crippen LogP contribution in [0.25, 0.3) is 0 Å². The van der Waals surface area contributed by atoms with Crippen molar-refractivity contribution in [1.82, 2.24) is 15.8 Å². The van der Waals surface area contributed by atoms with Crippen LogP contribution in [0.3, 0.4) is 0 Å². The third-order valence-corrected chi connectivity index (χ3v) is 5.38. The first-order chi connectivity index (χ1) is 11.5. The first-order valence-corrected chi connectivity index (χ1v) is 9.34. The van der Waals surface area contributed by atoms with Crippen molar-refractivity contribution in [2.75, 3.05) is 13.6 Å². The van der Waals surface area contributed by atoms with Crippen LogP contribution in [0.5, 0.6) is 0 Å². The molecule has 0 unspecified atom stereocenters. The number of hydrogen-bond acceptors (Lipinski definition) is 4. The summed E-state index contributed by atoms with van der Waals surface area (Å²) in [6.07, 6.45) is 1.72. The van der Waals surface area contributed by atoms with E-state index in [1.165, 1.54) is 4.88 Å². The Bertz CT molecular complexity index is 643. The summed E-state index contributed by atoms with van der Waals surface area (Å²) in [6.45, 7) is 10.2. The summed E-state index contributed by atoms with van der Waals surface area (Å²) < 4.78 is 5.42. The second-order valence-electron chi connectivity index (χ2n) is 6.38. The van der Waals surface area contributed by atoms with Crippen molar-refractivity contribution < 1.29 is 4.52 Å². The van der Waals surface area contributed by atoms with E-state index in [1.807, 2.05) is 0 Å². The Morgan fingerprint density at radius 1 is 1.28 bits per heavy atom. The van der Waals surface area contributed by atoms with Gasteiger partial charge in [-0.3, -0.25) is 4.99 Å². The van der Waals surface area contributed by atoms with E-state index in [-0.39, 0.29) is 29.4 Å². The van der Waals surface area contributed by atoms with Gasteiger partial charge in [0.05, 0.1) is 5.69 Å². The van der Waals surface area contributed by atoms with Crippen molar-refractivity contribution in [3.05, 3.63) is 39.4 Å². The van der Waals surface area contributed by atoms with Crippen LogP contribution >= 0.6 is 35.3 Å². The molecule has 0 aromatic carbocycles. The highest BCUT2D eigenvalue weighted by Gasteiger charge is 2.22. The highest BCUT2D eigenvalue weighted by atomic mass is 127. The van der Waals surface area contributed by atoms with E-state index in [9.17, 15) is 0 Å². The van der Waals surface area contributed by atoms with E-state index >= 15 is 0 Å². The number of nitrogens with one attached hydrogen (secondary N) is 2. The number of halogens is 1. The molecule has 0 aliphatic heterocycles. The van der Waals surface area contributed by atoms with Crippen LogP contribution in [0.4, 0.5) is 0 Å². The van der Waals surface area contributed by atoms with Crippen LogP contribution in [-0.2, 0) is 24.8 Å². The predicted molar refractivity (Wildman–Crippen MR) is 116 cm³/mol. The van der Waals surface area contributed by atoms with Crippen molar-refractivity contribution in [1.29, 1.82) is 0 Å². The van der Waals surface area contributed by atoms with Crippen LogP contribution in [0, 0.1) is 0 Å². The minimum Gasteiger partial charge on any atom is -0.361 e. The maximum Gasteiger partial charge on any atom is 0.191 e. The number of aromatic nitrogens is 1. The molecule has 140 valence electrons. The van der Waals surface area contributed by atoms with Gasteiger partial charge in [0.25, 0.3) is 0 Å².